The fourth-order valence-corrected chi connectivity index (χ4v) is 8.85. The molecule has 0 aliphatic heterocycles. The summed E-state index contributed by atoms with van der Waals surface area (Å²) in [7, 11) is 0. The molecular formula is C38H21N3S2. The van der Waals surface area contributed by atoms with Crippen molar-refractivity contribution >= 4 is 95.7 Å². The van der Waals surface area contributed by atoms with E-state index in [1.54, 1.807) is 11.3 Å². The van der Waals surface area contributed by atoms with E-state index in [1.807, 2.05) is 11.3 Å². The van der Waals surface area contributed by atoms with Crippen LogP contribution in [0.3, 0.4) is 0 Å². The van der Waals surface area contributed by atoms with Gasteiger partial charge in [-0.25, -0.2) is 9.97 Å². The van der Waals surface area contributed by atoms with Crippen molar-refractivity contribution in [1.29, 1.82) is 0 Å². The Morgan fingerprint density at radius 2 is 1.19 bits per heavy atom. The molecule has 0 amide bonds. The summed E-state index contributed by atoms with van der Waals surface area (Å²) in [6.45, 7) is 0. The number of benzene rings is 6. The fraction of sp³-hybridized carbons (Fsp3) is 0. The number of para-hydroxylation sites is 1. The molecule has 0 spiro atoms. The standard InChI is InChI=1S/C38H21N3S2/c1-2-10-23-19-24(18-17-22(23)9-1)36-35-27-13-5-8-16-33(27)43-37(35)40-38(39-36)41-30-14-6-3-11-25(30)28-20-29-26-12-4-7-15-32(26)42-34(29)21-31(28)41/h1-21H. The molecule has 10 rings (SSSR count). The van der Waals surface area contributed by atoms with Crippen molar-refractivity contribution in [3.8, 4) is 17.2 Å². The minimum absolute atomic E-state index is 0.703. The molecule has 0 aliphatic carbocycles. The molecule has 3 nitrogen and oxygen atoms in total. The van der Waals surface area contributed by atoms with Crippen LogP contribution in [-0.4, -0.2) is 14.5 Å². The van der Waals surface area contributed by atoms with Gasteiger partial charge in [0, 0.05) is 52.0 Å². The Bertz CT molecular complexity index is 2750. The molecule has 0 bridgehead atoms. The lowest BCUT2D eigenvalue weighted by Gasteiger charge is -2.11. The summed E-state index contributed by atoms with van der Waals surface area (Å²) in [6.07, 6.45) is 0. The summed E-state index contributed by atoms with van der Waals surface area (Å²) in [4.78, 5) is 11.7. The minimum atomic E-state index is 0.703. The van der Waals surface area contributed by atoms with Gasteiger partial charge in [0.25, 0.3) is 0 Å². The molecule has 6 aromatic carbocycles. The van der Waals surface area contributed by atoms with Crippen molar-refractivity contribution in [2.24, 2.45) is 0 Å². The largest absolute Gasteiger partial charge is 0.278 e. The molecule has 0 N–H and O–H groups in total. The Hall–Kier alpha value is -5.10. The van der Waals surface area contributed by atoms with Crippen LogP contribution in [0.5, 0.6) is 0 Å². The van der Waals surface area contributed by atoms with Gasteiger partial charge in [-0.1, -0.05) is 91.0 Å². The molecule has 0 fully saturated rings. The normalized spacial score (nSPS) is 12.2. The Labute approximate surface area is 253 Å². The lowest BCUT2D eigenvalue weighted by molar-refractivity contribution is 1.02. The molecule has 5 heteroatoms. The quantitative estimate of drug-likeness (QED) is 0.203. The van der Waals surface area contributed by atoms with E-state index >= 15 is 0 Å². The number of rotatable bonds is 2. The molecule has 4 aromatic heterocycles. The SMILES string of the molecule is c1ccc2cc(-c3nc(-n4c5ccccc5c5cc6c(cc54)sc4ccccc46)nc4sc5ccccc5c34)ccc2c1. The van der Waals surface area contributed by atoms with Crippen LogP contribution in [-0.2, 0) is 0 Å². The van der Waals surface area contributed by atoms with E-state index in [0.29, 0.717) is 5.95 Å². The zero-order chi connectivity index (χ0) is 28.1. The maximum atomic E-state index is 5.43. The molecule has 0 aliphatic rings. The first-order valence-corrected chi connectivity index (χ1v) is 16.0. The molecule has 0 atom stereocenters. The van der Waals surface area contributed by atoms with Gasteiger partial charge in [0.05, 0.1) is 16.7 Å². The Morgan fingerprint density at radius 1 is 0.465 bits per heavy atom. The first-order valence-electron chi connectivity index (χ1n) is 14.3. The van der Waals surface area contributed by atoms with Crippen molar-refractivity contribution in [3.63, 3.8) is 0 Å². The second-order valence-electron chi connectivity index (χ2n) is 11.0. The Morgan fingerprint density at radius 3 is 2.07 bits per heavy atom. The van der Waals surface area contributed by atoms with Crippen LogP contribution >= 0.6 is 22.7 Å². The third-order valence-corrected chi connectivity index (χ3v) is 10.8. The maximum absolute atomic E-state index is 5.43. The summed E-state index contributed by atoms with van der Waals surface area (Å²) < 4.78 is 6.07. The van der Waals surface area contributed by atoms with Crippen molar-refractivity contribution in [2.45, 2.75) is 0 Å². The molecule has 200 valence electrons. The van der Waals surface area contributed by atoms with Gasteiger partial charge in [0.2, 0.25) is 5.95 Å². The van der Waals surface area contributed by atoms with Gasteiger partial charge in [-0.15, -0.1) is 22.7 Å². The smallest absolute Gasteiger partial charge is 0.236 e. The zero-order valence-electron chi connectivity index (χ0n) is 22.8. The van der Waals surface area contributed by atoms with Crippen molar-refractivity contribution in [2.75, 3.05) is 0 Å². The monoisotopic (exact) mass is 583 g/mol. The van der Waals surface area contributed by atoms with Gasteiger partial charge in [-0.2, -0.15) is 0 Å². The summed E-state index contributed by atoms with van der Waals surface area (Å²) in [5, 5.41) is 9.79. The van der Waals surface area contributed by atoms with Gasteiger partial charge in [-0.05, 0) is 47.2 Å². The molecule has 0 saturated heterocycles. The number of thiophene rings is 2. The first-order chi connectivity index (χ1) is 21.3. The van der Waals surface area contributed by atoms with Crippen LogP contribution < -0.4 is 0 Å². The minimum Gasteiger partial charge on any atom is -0.278 e. The molecule has 0 unspecified atom stereocenters. The van der Waals surface area contributed by atoms with Gasteiger partial charge in [-0.3, -0.25) is 4.57 Å². The number of nitrogens with zero attached hydrogens (tertiary/aromatic N) is 3. The third-order valence-electron chi connectivity index (χ3n) is 8.62. The highest BCUT2D eigenvalue weighted by Gasteiger charge is 2.21. The second-order valence-corrected chi connectivity index (χ2v) is 13.1. The summed E-state index contributed by atoms with van der Waals surface area (Å²) in [6, 6.07) is 45.8. The van der Waals surface area contributed by atoms with Gasteiger partial charge < -0.3 is 0 Å². The fourth-order valence-electron chi connectivity index (χ4n) is 6.66. The van der Waals surface area contributed by atoms with E-state index in [1.165, 1.54) is 51.8 Å². The zero-order valence-corrected chi connectivity index (χ0v) is 24.4. The van der Waals surface area contributed by atoms with Gasteiger partial charge >= 0.3 is 0 Å². The highest BCUT2D eigenvalue weighted by Crippen LogP contribution is 2.42. The van der Waals surface area contributed by atoms with Gasteiger partial charge in [0.1, 0.15) is 4.83 Å². The Kier molecular flexibility index (Phi) is 4.75. The van der Waals surface area contributed by atoms with Crippen LogP contribution in [0, 0.1) is 0 Å². The predicted octanol–water partition coefficient (Wildman–Crippen LogP) is 11.1. The van der Waals surface area contributed by atoms with E-state index in [4.69, 9.17) is 9.97 Å². The average Bonchev–Trinajstić information content (AvgIpc) is 3.72. The van der Waals surface area contributed by atoms with Crippen LogP contribution in [0.15, 0.2) is 127 Å². The highest BCUT2D eigenvalue weighted by atomic mass is 32.1. The number of hydrogen-bond acceptors (Lipinski definition) is 4. The number of fused-ring (bicyclic) bond motifs is 10. The molecule has 0 radical (unpaired) electrons. The molecule has 43 heavy (non-hydrogen) atoms. The number of aromatic nitrogens is 3. The lowest BCUT2D eigenvalue weighted by atomic mass is 10.0. The van der Waals surface area contributed by atoms with Crippen LogP contribution in [0.1, 0.15) is 0 Å². The summed E-state index contributed by atoms with van der Waals surface area (Å²) in [5.41, 5.74) is 4.32. The third kappa shape index (κ3) is 3.35. The number of hydrogen-bond donors (Lipinski definition) is 0. The van der Waals surface area contributed by atoms with Crippen LogP contribution in [0.25, 0.3) is 90.3 Å². The molecular weight excluding hydrogens is 563 g/mol. The van der Waals surface area contributed by atoms with E-state index in [9.17, 15) is 0 Å². The maximum Gasteiger partial charge on any atom is 0.236 e. The van der Waals surface area contributed by atoms with E-state index in [0.717, 1.165) is 32.5 Å². The highest BCUT2D eigenvalue weighted by molar-refractivity contribution is 7.26. The Balaban J connectivity index is 1.34. The van der Waals surface area contributed by atoms with Crippen LogP contribution in [0.4, 0.5) is 0 Å². The lowest BCUT2D eigenvalue weighted by Crippen LogP contribution is -2.02. The average molecular weight is 584 g/mol. The topological polar surface area (TPSA) is 30.7 Å². The van der Waals surface area contributed by atoms with Crippen molar-refractivity contribution < 1.29 is 0 Å². The van der Waals surface area contributed by atoms with E-state index < -0.39 is 0 Å². The molecule has 0 saturated carbocycles. The van der Waals surface area contributed by atoms with E-state index in [-0.39, 0.29) is 0 Å². The summed E-state index contributed by atoms with van der Waals surface area (Å²) >= 11 is 3.58. The molecule has 10 aromatic rings. The second kappa shape index (κ2) is 8.71. The van der Waals surface area contributed by atoms with Gasteiger partial charge in [0.15, 0.2) is 0 Å². The molecule has 4 heterocycles. The first kappa shape index (κ1) is 23.5. The predicted molar refractivity (Wildman–Crippen MR) is 185 cm³/mol. The van der Waals surface area contributed by atoms with Crippen molar-refractivity contribution in [3.05, 3.63) is 127 Å². The van der Waals surface area contributed by atoms with Crippen molar-refractivity contribution in [1.82, 2.24) is 14.5 Å². The van der Waals surface area contributed by atoms with E-state index in [2.05, 4.69) is 132 Å². The summed E-state index contributed by atoms with van der Waals surface area (Å²) in [5.74, 6) is 0.703. The van der Waals surface area contributed by atoms with Crippen LogP contribution in [0.2, 0.25) is 0 Å².